The summed E-state index contributed by atoms with van der Waals surface area (Å²) < 4.78 is 1.73. The number of piperazine rings is 1. The molecule has 2 aromatic carbocycles. The standard InChI is InChI=1S/C27H29N7O2/c1-19-24-25(33-14-12-31(2)13-15-33)23(17-28-26(24)32(3)30-19)34(18-35)27(36)29-22-11-7-10-21(16-22)20-8-5-4-6-9-20/h4-11,16-18H,12-15H2,1-3H3,(H,29,36). The zero-order valence-electron chi connectivity index (χ0n) is 20.7. The predicted molar refractivity (Wildman–Crippen MR) is 142 cm³/mol. The molecule has 184 valence electrons. The van der Waals surface area contributed by atoms with E-state index >= 15 is 0 Å². The summed E-state index contributed by atoms with van der Waals surface area (Å²) in [5.74, 6) is 0. The van der Waals surface area contributed by atoms with Crippen LogP contribution in [-0.2, 0) is 11.8 Å². The van der Waals surface area contributed by atoms with Gasteiger partial charge in [0.15, 0.2) is 5.65 Å². The fraction of sp³-hybridized carbons (Fsp3) is 0.259. The Labute approximate surface area is 209 Å². The van der Waals surface area contributed by atoms with Gasteiger partial charge in [0.25, 0.3) is 0 Å². The third-order valence-corrected chi connectivity index (χ3v) is 6.60. The van der Waals surface area contributed by atoms with Crippen LogP contribution in [0.2, 0.25) is 0 Å². The second-order valence-corrected chi connectivity index (χ2v) is 9.04. The Morgan fingerprint density at radius 1 is 1.00 bits per heavy atom. The van der Waals surface area contributed by atoms with Crippen molar-refractivity contribution in [2.75, 3.05) is 48.3 Å². The zero-order chi connectivity index (χ0) is 25.2. The lowest BCUT2D eigenvalue weighted by Crippen LogP contribution is -2.45. The smallest absolute Gasteiger partial charge is 0.333 e. The summed E-state index contributed by atoms with van der Waals surface area (Å²) in [6.45, 7) is 5.22. The molecule has 0 spiro atoms. The maximum absolute atomic E-state index is 13.4. The van der Waals surface area contributed by atoms with Crippen molar-refractivity contribution < 1.29 is 9.59 Å². The third kappa shape index (κ3) is 4.40. The molecule has 1 aliphatic rings. The Bertz CT molecular complexity index is 1410. The van der Waals surface area contributed by atoms with E-state index in [0.29, 0.717) is 23.4 Å². The largest absolute Gasteiger partial charge is 0.367 e. The Balaban J connectivity index is 1.51. The van der Waals surface area contributed by atoms with E-state index in [1.54, 1.807) is 16.9 Å². The quantitative estimate of drug-likeness (QED) is 0.434. The number of fused-ring (bicyclic) bond motifs is 1. The van der Waals surface area contributed by atoms with E-state index in [2.05, 4.69) is 32.2 Å². The van der Waals surface area contributed by atoms with Crippen molar-refractivity contribution >= 4 is 40.5 Å². The number of anilines is 3. The first-order chi connectivity index (χ1) is 17.5. The summed E-state index contributed by atoms with van der Waals surface area (Å²) in [5, 5.41) is 8.29. The van der Waals surface area contributed by atoms with Gasteiger partial charge in [-0.15, -0.1) is 0 Å². The number of likely N-dealkylation sites (N-methyl/N-ethyl adjacent to an activating group) is 1. The van der Waals surface area contributed by atoms with Crippen molar-refractivity contribution in [2.45, 2.75) is 6.92 Å². The molecule has 4 aromatic rings. The van der Waals surface area contributed by atoms with Gasteiger partial charge in [0.2, 0.25) is 6.41 Å². The van der Waals surface area contributed by atoms with Crippen molar-refractivity contribution in [1.29, 1.82) is 0 Å². The highest BCUT2D eigenvalue weighted by Gasteiger charge is 2.28. The molecular weight excluding hydrogens is 454 g/mol. The lowest BCUT2D eigenvalue weighted by atomic mass is 10.1. The average Bonchev–Trinajstić information content (AvgIpc) is 3.19. The van der Waals surface area contributed by atoms with Gasteiger partial charge in [0.1, 0.15) is 0 Å². The maximum Gasteiger partial charge on any atom is 0.333 e. The second-order valence-electron chi connectivity index (χ2n) is 9.04. The van der Waals surface area contributed by atoms with Gasteiger partial charge in [0.05, 0.1) is 28.7 Å². The Morgan fingerprint density at radius 3 is 2.44 bits per heavy atom. The first kappa shape index (κ1) is 23.5. The molecule has 2 aromatic heterocycles. The number of hydrogen-bond acceptors (Lipinski definition) is 6. The number of rotatable bonds is 5. The number of carbonyl (C=O) groups excluding carboxylic acids is 2. The molecule has 0 unspecified atom stereocenters. The number of nitrogens with zero attached hydrogens (tertiary/aromatic N) is 6. The van der Waals surface area contributed by atoms with Gasteiger partial charge in [0, 0.05) is 38.9 Å². The van der Waals surface area contributed by atoms with E-state index in [9.17, 15) is 9.59 Å². The molecule has 1 aliphatic heterocycles. The zero-order valence-corrected chi connectivity index (χ0v) is 20.7. The molecule has 0 saturated carbocycles. The van der Waals surface area contributed by atoms with Crippen LogP contribution >= 0.6 is 0 Å². The van der Waals surface area contributed by atoms with E-state index in [1.807, 2.05) is 62.5 Å². The molecule has 36 heavy (non-hydrogen) atoms. The van der Waals surface area contributed by atoms with Gasteiger partial charge < -0.3 is 15.1 Å². The number of nitrogens with one attached hydrogen (secondary N) is 1. The van der Waals surface area contributed by atoms with Gasteiger partial charge in [-0.25, -0.2) is 14.7 Å². The van der Waals surface area contributed by atoms with E-state index in [0.717, 1.165) is 59.0 Å². The number of amides is 3. The third-order valence-electron chi connectivity index (χ3n) is 6.60. The Hall–Kier alpha value is -4.24. The summed E-state index contributed by atoms with van der Waals surface area (Å²) in [4.78, 5) is 35.9. The van der Waals surface area contributed by atoms with Crippen molar-refractivity contribution in [1.82, 2.24) is 19.7 Å². The molecule has 9 heteroatoms. The minimum atomic E-state index is -0.548. The highest BCUT2D eigenvalue weighted by Crippen LogP contribution is 2.38. The van der Waals surface area contributed by atoms with Crippen LogP contribution in [0.5, 0.6) is 0 Å². The highest BCUT2D eigenvalue weighted by atomic mass is 16.2. The first-order valence-corrected chi connectivity index (χ1v) is 11.9. The number of imide groups is 1. The fourth-order valence-electron chi connectivity index (χ4n) is 4.71. The molecule has 0 radical (unpaired) electrons. The Morgan fingerprint density at radius 2 is 1.72 bits per heavy atom. The molecule has 0 bridgehead atoms. The van der Waals surface area contributed by atoms with Crippen LogP contribution in [-0.4, -0.2) is 65.3 Å². The number of aromatic nitrogens is 3. The Kier molecular flexibility index (Phi) is 6.39. The van der Waals surface area contributed by atoms with Crippen LogP contribution in [0.25, 0.3) is 22.2 Å². The average molecular weight is 484 g/mol. The van der Waals surface area contributed by atoms with Gasteiger partial charge in [-0.1, -0.05) is 42.5 Å². The molecule has 3 amide bonds. The van der Waals surface area contributed by atoms with E-state index in [1.165, 1.54) is 0 Å². The fourth-order valence-corrected chi connectivity index (χ4v) is 4.71. The summed E-state index contributed by atoms with van der Waals surface area (Å²) in [5.41, 5.74) is 5.37. The van der Waals surface area contributed by atoms with Crippen LogP contribution in [0.3, 0.4) is 0 Å². The molecule has 1 N–H and O–H groups in total. The summed E-state index contributed by atoms with van der Waals surface area (Å²) in [6.07, 6.45) is 2.13. The van der Waals surface area contributed by atoms with Crippen LogP contribution in [0.1, 0.15) is 5.69 Å². The van der Waals surface area contributed by atoms with Crippen LogP contribution in [0, 0.1) is 6.92 Å². The lowest BCUT2D eigenvalue weighted by Gasteiger charge is -2.36. The number of carbonyl (C=O) groups is 2. The normalized spacial score (nSPS) is 14.1. The molecule has 3 heterocycles. The van der Waals surface area contributed by atoms with E-state index in [4.69, 9.17) is 0 Å². The van der Waals surface area contributed by atoms with Crippen molar-refractivity contribution in [3.8, 4) is 11.1 Å². The molecule has 5 rings (SSSR count). The highest BCUT2D eigenvalue weighted by molar-refractivity contribution is 6.16. The summed E-state index contributed by atoms with van der Waals surface area (Å²) in [6, 6.07) is 16.9. The monoisotopic (exact) mass is 483 g/mol. The van der Waals surface area contributed by atoms with Gasteiger partial charge >= 0.3 is 6.03 Å². The van der Waals surface area contributed by atoms with Gasteiger partial charge in [-0.05, 0) is 37.2 Å². The predicted octanol–water partition coefficient (Wildman–Crippen LogP) is 3.89. The molecule has 1 saturated heterocycles. The molecule has 9 nitrogen and oxygen atoms in total. The van der Waals surface area contributed by atoms with Crippen LogP contribution in [0.4, 0.5) is 21.9 Å². The summed E-state index contributed by atoms with van der Waals surface area (Å²) >= 11 is 0. The SMILES string of the molecule is Cc1nn(C)c2ncc(N(C=O)C(=O)Nc3cccc(-c4ccccc4)c3)c(N3CCN(C)CC3)c12. The van der Waals surface area contributed by atoms with Gasteiger partial charge in [-0.2, -0.15) is 5.10 Å². The summed E-state index contributed by atoms with van der Waals surface area (Å²) in [7, 11) is 3.93. The van der Waals surface area contributed by atoms with Crippen LogP contribution in [0.15, 0.2) is 60.8 Å². The number of benzene rings is 2. The van der Waals surface area contributed by atoms with Crippen LogP contribution < -0.4 is 15.1 Å². The number of hydrogen-bond donors (Lipinski definition) is 1. The number of pyridine rings is 1. The molecule has 0 atom stereocenters. The minimum absolute atomic E-state index is 0.440. The van der Waals surface area contributed by atoms with Crippen molar-refractivity contribution in [2.24, 2.45) is 7.05 Å². The van der Waals surface area contributed by atoms with Gasteiger partial charge in [-0.3, -0.25) is 9.48 Å². The molecule has 0 aliphatic carbocycles. The number of aryl methyl sites for hydroxylation is 2. The molecular formula is C27H29N7O2. The van der Waals surface area contributed by atoms with E-state index in [-0.39, 0.29) is 0 Å². The minimum Gasteiger partial charge on any atom is -0.367 e. The second kappa shape index (κ2) is 9.79. The van der Waals surface area contributed by atoms with Crippen molar-refractivity contribution in [3.05, 3.63) is 66.5 Å². The number of urea groups is 1. The maximum atomic E-state index is 13.4. The van der Waals surface area contributed by atoms with E-state index < -0.39 is 6.03 Å². The first-order valence-electron chi connectivity index (χ1n) is 11.9. The molecule has 1 fully saturated rings. The lowest BCUT2D eigenvalue weighted by molar-refractivity contribution is -0.106. The van der Waals surface area contributed by atoms with Crippen molar-refractivity contribution in [3.63, 3.8) is 0 Å². The topological polar surface area (TPSA) is 86.6 Å².